The molecule has 2 rings (SSSR count). The van der Waals surface area contributed by atoms with Crippen molar-refractivity contribution >= 4 is 5.78 Å². The van der Waals surface area contributed by atoms with E-state index in [0.29, 0.717) is 25.4 Å². The molecule has 0 aromatic rings. The highest BCUT2D eigenvalue weighted by Crippen LogP contribution is 2.37. The molecule has 0 saturated carbocycles. The highest BCUT2D eigenvalue weighted by atomic mass is 16.6. The van der Waals surface area contributed by atoms with E-state index in [2.05, 4.69) is 20.8 Å². The van der Waals surface area contributed by atoms with Gasteiger partial charge in [-0.15, -0.1) is 0 Å². The topological polar surface area (TPSA) is 35.5 Å². The zero-order valence-corrected chi connectivity index (χ0v) is 11.3. The maximum absolute atomic E-state index is 12.3. The van der Waals surface area contributed by atoms with Gasteiger partial charge in [-0.3, -0.25) is 4.79 Å². The normalized spacial score (nSPS) is 34.2. The second-order valence-corrected chi connectivity index (χ2v) is 6.73. The summed E-state index contributed by atoms with van der Waals surface area (Å²) in [4.78, 5) is 12.3. The molecule has 2 heterocycles. The van der Waals surface area contributed by atoms with Crippen LogP contribution >= 0.6 is 0 Å². The largest absolute Gasteiger partial charge is 0.378 e. The van der Waals surface area contributed by atoms with Crippen LogP contribution < -0.4 is 0 Å². The molecule has 98 valence electrons. The maximum Gasteiger partial charge on any atom is 0.136 e. The first-order valence-electron chi connectivity index (χ1n) is 6.65. The molecule has 0 radical (unpaired) electrons. The van der Waals surface area contributed by atoms with Crippen molar-refractivity contribution in [2.45, 2.75) is 52.1 Å². The number of carbonyl (C=O) groups is 1. The average molecular weight is 240 g/mol. The van der Waals surface area contributed by atoms with E-state index in [9.17, 15) is 4.79 Å². The van der Waals surface area contributed by atoms with Crippen molar-refractivity contribution in [3.8, 4) is 0 Å². The molecule has 2 aliphatic rings. The minimum Gasteiger partial charge on any atom is -0.378 e. The third kappa shape index (κ3) is 3.29. The Hall–Kier alpha value is -0.410. The number of hydrogen-bond acceptors (Lipinski definition) is 3. The molecule has 0 amide bonds. The monoisotopic (exact) mass is 240 g/mol. The molecule has 0 bridgehead atoms. The number of rotatable bonds is 2. The number of carbonyl (C=O) groups excluding carboxylic acids is 1. The summed E-state index contributed by atoms with van der Waals surface area (Å²) in [6.45, 7) is 8.53. The molecule has 2 fully saturated rings. The van der Waals surface area contributed by atoms with Gasteiger partial charge in [0.2, 0.25) is 0 Å². The number of Topliss-reactive ketones (excluding diaryl/α,β-unsaturated/α-hetero) is 1. The summed E-state index contributed by atoms with van der Waals surface area (Å²) in [6.07, 6.45) is 3.37. The predicted octanol–water partition coefficient (Wildman–Crippen LogP) is 2.58. The lowest BCUT2D eigenvalue weighted by atomic mass is 9.78. The summed E-state index contributed by atoms with van der Waals surface area (Å²) in [5, 5.41) is 0. The Morgan fingerprint density at radius 3 is 2.71 bits per heavy atom. The van der Waals surface area contributed by atoms with Gasteiger partial charge in [-0.05, 0) is 18.3 Å². The van der Waals surface area contributed by atoms with Gasteiger partial charge >= 0.3 is 0 Å². The second-order valence-electron chi connectivity index (χ2n) is 6.73. The van der Waals surface area contributed by atoms with Crippen LogP contribution in [0.4, 0.5) is 0 Å². The lowest BCUT2D eigenvalue weighted by Gasteiger charge is -2.37. The molecule has 0 aliphatic carbocycles. The molecule has 2 saturated heterocycles. The fourth-order valence-corrected chi connectivity index (χ4v) is 2.83. The number of hydrogen-bond donors (Lipinski definition) is 0. The Labute approximate surface area is 104 Å². The van der Waals surface area contributed by atoms with Crippen molar-refractivity contribution in [3.63, 3.8) is 0 Å². The molecule has 0 aromatic carbocycles. The molecule has 0 N–H and O–H groups in total. The van der Waals surface area contributed by atoms with Crippen molar-refractivity contribution in [2.75, 3.05) is 19.8 Å². The molecular weight excluding hydrogens is 216 g/mol. The molecule has 2 aliphatic heterocycles. The molecule has 17 heavy (non-hydrogen) atoms. The minimum absolute atomic E-state index is 0.0920. The molecule has 2 atom stereocenters. The van der Waals surface area contributed by atoms with Crippen LogP contribution in [0.25, 0.3) is 0 Å². The highest BCUT2D eigenvalue weighted by molar-refractivity contribution is 5.81. The van der Waals surface area contributed by atoms with E-state index >= 15 is 0 Å². The Morgan fingerprint density at radius 2 is 2.12 bits per heavy atom. The number of ether oxygens (including phenoxy) is 2. The van der Waals surface area contributed by atoms with Crippen LogP contribution in [0.2, 0.25) is 0 Å². The lowest BCUT2D eigenvalue weighted by Crippen LogP contribution is -2.42. The summed E-state index contributed by atoms with van der Waals surface area (Å²) in [6, 6.07) is 0. The summed E-state index contributed by atoms with van der Waals surface area (Å²) >= 11 is 0. The average Bonchev–Trinajstić information content (AvgIpc) is 2.64. The van der Waals surface area contributed by atoms with Gasteiger partial charge < -0.3 is 9.47 Å². The van der Waals surface area contributed by atoms with Crippen molar-refractivity contribution in [1.82, 2.24) is 0 Å². The molecule has 3 heteroatoms. The number of ketones is 1. The standard InChI is InChI=1S/C14H24O3/c1-13(2,3)9-12(15)11-4-6-17-14(8-11)5-7-16-10-14/h11H,4-10H2,1-3H3. The minimum atomic E-state index is -0.142. The van der Waals surface area contributed by atoms with Gasteiger partial charge in [0.1, 0.15) is 5.78 Å². The van der Waals surface area contributed by atoms with E-state index in [-0.39, 0.29) is 16.9 Å². The molecule has 3 nitrogen and oxygen atoms in total. The third-order valence-corrected chi connectivity index (χ3v) is 3.72. The summed E-state index contributed by atoms with van der Waals surface area (Å²) in [5.74, 6) is 0.594. The fourth-order valence-electron chi connectivity index (χ4n) is 2.83. The fraction of sp³-hybridized carbons (Fsp3) is 0.929. The van der Waals surface area contributed by atoms with Gasteiger partial charge in [-0.1, -0.05) is 20.8 Å². The molecule has 0 aromatic heterocycles. The van der Waals surface area contributed by atoms with Crippen LogP contribution in [0, 0.1) is 11.3 Å². The molecule has 1 spiro atoms. The summed E-state index contributed by atoms with van der Waals surface area (Å²) in [7, 11) is 0. The third-order valence-electron chi connectivity index (χ3n) is 3.72. The maximum atomic E-state index is 12.3. The quantitative estimate of drug-likeness (QED) is 0.744. The van der Waals surface area contributed by atoms with Gasteiger partial charge in [0.25, 0.3) is 0 Å². The zero-order chi connectivity index (χ0) is 12.5. The van der Waals surface area contributed by atoms with Gasteiger partial charge in [0.15, 0.2) is 0 Å². The highest BCUT2D eigenvalue weighted by Gasteiger charge is 2.43. The van der Waals surface area contributed by atoms with E-state index in [1.54, 1.807) is 0 Å². The Bertz CT molecular complexity index is 284. The van der Waals surface area contributed by atoms with E-state index in [4.69, 9.17) is 9.47 Å². The Balaban J connectivity index is 1.95. The van der Waals surface area contributed by atoms with Gasteiger partial charge in [0.05, 0.1) is 12.2 Å². The summed E-state index contributed by atoms with van der Waals surface area (Å²) in [5.41, 5.74) is -0.0504. The smallest absolute Gasteiger partial charge is 0.136 e. The Kier molecular flexibility index (Phi) is 3.60. The van der Waals surface area contributed by atoms with Crippen LogP contribution in [0.1, 0.15) is 46.5 Å². The van der Waals surface area contributed by atoms with Crippen molar-refractivity contribution in [1.29, 1.82) is 0 Å². The van der Waals surface area contributed by atoms with Crippen LogP contribution in [0.3, 0.4) is 0 Å². The van der Waals surface area contributed by atoms with Crippen molar-refractivity contribution < 1.29 is 14.3 Å². The molecule has 2 unspecified atom stereocenters. The van der Waals surface area contributed by atoms with Crippen molar-refractivity contribution in [3.05, 3.63) is 0 Å². The van der Waals surface area contributed by atoms with E-state index in [1.165, 1.54) is 0 Å². The van der Waals surface area contributed by atoms with Crippen LogP contribution in [0.5, 0.6) is 0 Å². The second kappa shape index (κ2) is 4.69. The first-order chi connectivity index (χ1) is 7.90. The van der Waals surface area contributed by atoms with E-state index < -0.39 is 0 Å². The first kappa shape index (κ1) is 13.0. The molecular formula is C14H24O3. The lowest BCUT2D eigenvalue weighted by molar-refractivity contribution is -0.138. The van der Waals surface area contributed by atoms with Gasteiger partial charge in [-0.25, -0.2) is 0 Å². The van der Waals surface area contributed by atoms with Crippen LogP contribution in [-0.2, 0) is 14.3 Å². The zero-order valence-electron chi connectivity index (χ0n) is 11.3. The van der Waals surface area contributed by atoms with Crippen molar-refractivity contribution in [2.24, 2.45) is 11.3 Å². The SMILES string of the molecule is CC(C)(C)CC(=O)C1CCOC2(CCOC2)C1. The Morgan fingerprint density at radius 1 is 1.35 bits per heavy atom. The van der Waals surface area contributed by atoms with Gasteiger partial charge in [-0.2, -0.15) is 0 Å². The predicted molar refractivity (Wildman–Crippen MR) is 65.9 cm³/mol. The van der Waals surface area contributed by atoms with Gasteiger partial charge in [0, 0.05) is 32.0 Å². The van der Waals surface area contributed by atoms with E-state index in [0.717, 1.165) is 25.9 Å². The van der Waals surface area contributed by atoms with Crippen LogP contribution in [0.15, 0.2) is 0 Å². The van der Waals surface area contributed by atoms with E-state index in [1.807, 2.05) is 0 Å². The van der Waals surface area contributed by atoms with Crippen LogP contribution in [-0.4, -0.2) is 31.2 Å². The first-order valence-corrected chi connectivity index (χ1v) is 6.65. The summed E-state index contributed by atoms with van der Waals surface area (Å²) < 4.78 is 11.3.